The van der Waals surface area contributed by atoms with Crippen molar-refractivity contribution in [1.29, 1.82) is 0 Å². The number of nitro benzene ring substituents is 1. The Morgan fingerprint density at radius 2 is 1.79 bits per heavy atom. The largest absolute Gasteiger partial charge is 0.481 e. The van der Waals surface area contributed by atoms with E-state index in [1.807, 2.05) is 0 Å². The Balaban J connectivity index is 1.87. The highest BCUT2D eigenvalue weighted by atomic mass is 35.5. The van der Waals surface area contributed by atoms with Gasteiger partial charge < -0.3 is 5.11 Å². The van der Waals surface area contributed by atoms with Crippen molar-refractivity contribution >= 4 is 46.8 Å². The molecule has 0 bridgehead atoms. The van der Waals surface area contributed by atoms with Crippen LogP contribution in [0.2, 0.25) is 5.02 Å². The van der Waals surface area contributed by atoms with Crippen molar-refractivity contribution in [2.24, 2.45) is 0 Å². The second-order valence-corrected chi connectivity index (χ2v) is 7.80. The van der Waals surface area contributed by atoms with Crippen LogP contribution in [0.4, 0.5) is 5.69 Å². The highest BCUT2D eigenvalue weighted by Gasteiger charge is 2.43. The lowest BCUT2D eigenvalue weighted by molar-refractivity contribution is -0.384. The molecular weight excluding hydrogens is 422 g/mol. The molecule has 1 heterocycles. The summed E-state index contributed by atoms with van der Waals surface area (Å²) in [6.07, 6.45) is -0.416. The van der Waals surface area contributed by atoms with E-state index in [4.69, 9.17) is 16.7 Å². The van der Waals surface area contributed by atoms with Gasteiger partial charge in [0.2, 0.25) is 0 Å². The number of nitro groups is 1. The van der Waals surface area contributed by atoms with Gasteiger partial charge in [0.1, 0.15) is 5.37 Å². The van der Waals surface area contributed by atoms with Crippen molar-refractivity contribution in [3.05, 3.63) is 74.8 Å². The molecule has 0 aromatic heterocycles. The first-order valence-electron chi connectivity index (χ1n) is 8.27. The fourth-order valence-corrected chi connectivity index (χ4v) is 4.22. The van der Waals surface area contributed by atoms with Crippen LogP contribution in [0.1, 0.15) is 27.7 Å². The number of nitrogens with zero attached hydrogens (tertiary/aromatic N) is 2. The second-order valence-electron chi connectivity index (χ2n) is 6.08. The van der Waals surface area contributed by atoms with Gasteiger partial charge >= 0.3 is 5.97 Å². The van der Waals surface area contributed by atoms with Gasteiger partial charge in [0.05, 0.1) is 16.6 Å². The topological polar surface area (TPSA) is 130 Å². The molecule has 2 unspecified atom stereocenters. The maximum absolute atomic E-state index is 12.7. The average molecular weight is 436 g/mol. The Morgan fingerprint density at radius 3 is 2.34 bits per heavy atom. The summed E-state index contributed by atoms with van der Waals surface area (Å²) in [7, 11) is 0. The van der Waals surface area contributed by atoms with E-state index in [1.54, 1.807) is 0 Å². The Kier molecular flexibility index (Phi) is 6.04. The molecule has 2 amide bonds. The van der Waals surface area contributed by atoms with Gasteiger partial charge in [-0.2, -0.15) is 0 Å². The number of amides is 2. The van der Waals surface area contributed by atoms with Gasteiger partial charge in [-0.05, 0) is 42.0 Å². The van der Waals surface area contributed by atoms with Crippen LogP contribution < -0.4 is 5.43 Å². The predicted molar refractivity (Wildman–Crippen MR) is 105 cm³/mol. The van der Waals surface area contributed by atoms with Crippen LogP contribution in [-0.2, 0) is 9.59 Å². The lowest BCUT2D eigenvalue weighted by atomic mass is 10.2. The molecule has 11 heteroatoms. The molecule has 3 rings (SSSR count). The third kappa shape index (κ3) is 4.66. The van der Waals surface area contributed by atoms with Crippen LogP contribution in [0.3, 0.4) is 0 Å². The van der Waals surface area contributed by atoms with Crippen LogP contribution in [0.25, 0.3) is 0 Å². The van der Waals surface area contributed by atoms with Gasteiger partial charge in [0.15, 0.2) is 0 Å². The minimum Gasteiger partial charge on any atom is -0.481 e. The summed E-state index contributed by atoms with van der Waals surface area (Å²) in [4.78, 5) is 46.7. The number of hydrogen-bond acceptors (Lipinski definition) is 6. The van der Waals surface area contributed by atoms with E-state index in [2.05, 4.69) is 5.43 Å². The molecule has 2 aromatic rings. The molecule has 0 aliphatic carbocycles. The van der Waals surface area contributed by atoms with Crippen molar-refractivity contribution in [2.45, 2.75) is 17.0 Å². The van der Waals surface area contributed by atoms with Gasteiger partial charge in [-0.15, -0.1) is 11.8 Å². The summed E-state index contributed by atoms with van der Waals surface area (Å²) in [5, 5.41) is 19.8. The van der Waals surface area contributed by atoms with Crippen molar-refractivity contribution in [3.8, 4) is 0 Å². The van der Waals surface area contributed by atoms with Crippen LogP contribution >= 0.6 is 23.4 Å². The lowest BCUT2D eigenvalue weighted by Crippen LogP contribution is -2.46. The molecule has 1 saturated heterocycles. The van der Waals surface area contributed by atoms with Crippen molar-refractivity contribution in [1.82, 2.24) is 10.4 Å². The Morgan fingerprint density at radius 1 is 1.17 bits per heavy atom. The zero-order valence-corrected chi connectivity index (χ0v) is 16.2. The standard InChI is InChI=1S/C18H14ClN3O6S/c19-12-5-1-10(2-6-12)16(25)20-21-17(26)14(9-15(23)24)29-18(21)11-3-7-13(8-4-11)22(27)28/h1-8,14,18H,9H2,(H,20,25)(H,23,24). The number of aliphatic carboxylic acids is 1. The van der Waals surface area contributed by atoms with Gasteiger partial charge in [-0.3, -0.25) is 29.9 Å². The monoisotopic (exact) mass is 435 g/mol. The summed E-state index contributed by atoms with van der Waals surface area (Å²) in [6, 6.07) is 11.5. The van der Waals surface area contributed by atoms with E-state index in [9.17, 15) is 24.5 Å². The van der Waals surface area contributed by atoms with E-state index >= 15 is 0 Å². The first-order valence-corrected chi connectivity index (χ1v) is 9.59. The van der Waals surface area contributed by atoms with Gasteiger partial charge in [-0.25, -0.2) is 5.01 Å². The van der Waals surface area contributed by atoms with Crippen molar-refractivity contribution < 1.29 is 24.4 Å². The molecule has 29 heavy (non-hydrogen) atoms. The van der Waals surface area contributed by atoms with Crippen LogP contribution in [0.5, 0.6) is 0 Å². The fraction of sp³-hybridized carbons (Fsp3) is 0.167. The van der Waals surface area contributed by atoms with Crippen LogP contribution in [0, 0.1) is 10.1 Å². The zero-order valence-electron chi connectivity index (χ0n) is 14.6. The number of hydrazine groups is 1. The minimum atomic E-state index is -1.15. The van der Waals surface area contributed by atoms with Crippen molar-refractivity contribution in [3.63, 3.8) is 0 Å². The molecule has 1 fully saturated rings. The highest BCUT2D eigenvalue weighted by molar-refractivity contribution is 8.01. The number of carboxylic acid groups (broad SMARTS) is 1. The average Bonchev–Trinajstić information content (AvgIpc) is 2.97. The molecule has 2 atom stereocenters. The fourth-order valence-electron chi connectivity index (χ4n) is 2.72. The summed E-state index contributed by atoms with van der Waals surface area (Å²) < 4.78 is 0. The number of carbonyl (C=O) groups is 3. The maximum Gasteiger partial charge on any atom is 0.305 e. The van der Waals surface area contributed by atoms with E-state index in [-0.39, 0.29) is 11.3 Å². The normalized spacial score (nSPS) is 18.5. The Hall–Kier alpha value is -3.11. The summed E-state index contributed by atoms with van der Waals surface area (Å²) in [5.41, 5.74) is 3.16. The molecule has 0 spiro atoms. The smallest absolute Gasteiger partial charge is 0.305 e. The van der Waals surface area contributed by atoms with Gasteiger partial charge in [0, 0.05) is 22.7 Å². The predicted octanol–water partition coefficient (Wildman–Crippen LogP) is 3.01. The van der Waals surface area contributed by atoms with Crippen LogP contribution in [-0.4, -0.2) is 38.1 Å². The lowest BCUT2D eigenvalue weighted by Gasteiger charge is -2.24. The quantitative estimate of drug-likeness (QED) is 0.526. The van der Waals surface area contributed by atoms with Gasteiger partial charge in [-0.1, -0.05) is 11.6 Å². The van der Waals surface area contributed by atoms with E-state index in [1.165, 1.54) is 48.5 Å². The number of nitrogens with one attached hydrogen (secondary N) is 1. The third-order valence-corrected chi connectivity index (χ3v) is 5.81. The molecule has 2 aromatic carbocycles. The Bertz CT molecular complexity index is 967. The number of halogens is 1. The number of benzene rings is 2. The Labute approximate surface area is 173 Å². The summed E-state index contributed by atoms with van der Waals surface area (Å²) in [6.45, 7) is 0. The maximum atomic E-state index is 12.7. The molecular formula is C18H14ClN3O6S. The van der Waals surface area contributed by atoms with Gasteiger partial charge in [0.25, 0.3) is 17.5 Å². The molecule has 2 N–H and O–H groups in total. The summed E-state index contributed by atoms with van der Waals surface area (Å²) >= 11 is 6.86. The molecule has 1 aliphatic rings. The van der Waals surface area contributed by atoms with E-state index in [0.29, 0.717) is 10.6 Å². The number of thioether (sulfide) groups is 1. The first kappa shape index (κ1) is 20.6. The molecule has 150 valence electrons. The first-order chi connectivity index (χ1) is 13.8. The number of carboxylic acids is 1. The summed E-state index contributed by atoms with van der Waals surface area (Å²) in [5.74, 6) is -2.29. The minimum absolute atomic E-state index is 0.123. The number of carbonyl (C=O) groups excluding carboxylic acids is 2. The zero-order chi connectivity index (χ0) is 21.1. The van der Waals surface area contributed by atoms with Crippen LogP contribution in [0.15, 0.2) is 48.5 Å². The SMILES string of the molecule is O=C(O)CC1SC(c2ccc([N+](=O)[O-])cc2)N(NC(=O)c2ccc(Cl)cc2)C1=O. The van der Waals surface area contributed by atoms with Crippen molar-refractivity contribution in [2.75, 3.05) is 0 Å². The molecule has 9 nitrogen and oxygen atoms in total. The second kappa shape index (κ2) is 8.50. The number of hydrogen-bond donors (Lipinski definition) is 2. The number of rotatable bonds is 6. The molecule has 0 radical (unpaired) electrons. The highest BCUT2D eigenvalue weighted by Crippen LogP contribution is 2.43. The molecule has 0 saturated carbocycles. The third-order valence-electron chi connectivity index (χ3n) is 4.12. The molecule has 1 aliphatic heterocycles. The van der Waals surface area contributed by atoms with E-state index in [0.717, 1.165) is 16.8 Å². The number of non-ortho nitro benzene ring substituents is 1. The van der Waals surface area contributed by atoms with E-state index < -0.39 is 39.8 Å².